The molecule has 7 nitrogen and oxygen atoms in total. The molecule has 0 radical (unpaired) electrons. The molecule has 25 heavy (non-hydrogen) atoms. The molecule has 1 fully saturated rings. The number of hydrogen-bond acceptors (Lipinski definition) is 5. The van der Waals surface area contributed by atoms with Crippen LogP contribution in [-0.2, 0) is 14.3 Å². The van der Waals surface area contributed by atoms with Crippen molar-refractivity contribution in [1.82, 2.24) is 10.2 Å². The number of aryl methyl sites for hydroxylation is 1. The molecule has 1 saturated heterocycles. The van der Waals surface area contributed by atoms with Crippen LogP contribution < -0.4 is 15.0 Å². The zero-order chi connectivity index (χ0) is 17.6. The number of nitrogens with one attached hydrogen (secondary N) is 1. The standard InChI is InChI=1S/C18H25N3O4/c1-14-3-4-16-15(11-14)21(18(23)13-25-16)12-17(22)19-5-2-6-20-7-9-24-10-8-20/h3-4,11H,2,5-10,12-13H2,1H3,(H,19,22). The van der Waals surface area contributed by atoms with Gasteiger partial charge in [-0.1, -0.05) is 6.07 Å². The average Bonchev–Trinajstić information content (AvgIpc) is 2.62. The molecule has 2 heterocycles. The summed E-state index contributed by atoms with van der Waals surface area (Å²) in [6.07, 6.45) is 0.887. The van der Waals surface area contributed by atoms with Gasteiger partial charge in [0, 0.05) is 19.6 Å². The van der Waals surface area contributed by atoms with E-state index in [4.69, 9.17) is 9.47 Å². The summed E-state index contributed by atoms with van der Waals surface area (Å²) in [4.78, 5) is 28.2. The molecule has 0 unspecified atom stereocenters. The number of amides is 2. The van der Waals surface area contributed by atoms with E-state index in [1.54, 1.807) is 0 Å². The minimum absolute atomic E-state index is 0.0240. The van der Waals surface area contributed by atoms with E-state index >= 15 is 0 Å². The van der Waals surface area contributed by atoms with Gasteiger partial charge in [0.25, 0.3) is 5.91 Å². The Kier molecular flexibility index (Phi) is 5.88. The zero-order valence-corrected chi connectivity index (χ0v) is 14.6. The van der Waals surface area contributed by atoms with Gasteiger partial charge in [0.15, 0.2) is 6.61 Å². The molecule has 136 valence electrons. The van der Waals surface area contributed by atoms with Crippen LogP contribution in [0.2, 0.25) is 0 Å². The Morgan fingerprint density at radius 1 is 1.28 bits per heavy atom. The fourth-order valence-electron chi connectivity index (χ4n) is 3.04. The van der Waals surface area contributed by atoms with Crippen LogP contribution in [0, 0.1) is 6.92 Å². The van der Waals surface area contributed by atoms with Crippen LogP contribution in [0.15, 0.2) is 18.2 Å². The van der Waals surface area contributed by atoms with Gasteiger partial charge in [-0.3, -0.25) is 19.4 Å². The maximum atomic E-state index is 12.2. The van der Waals surface area contributed by atoms with E-state index in [9.17, 15) is 9.59 Å². The van der Waals surface area contributed by atoms with E-state index in [1.807, 2.05) is 25.1 Å². The topological polar surface area (TPSA) is 71.1 Å². The number of anilines is 1. The lowest BCUT2D eigenvalue weighted by atomic mass is 10.1. The third-order valence-electron chi connectivity index (χ3n) is 4.44. The van der Waals surface area contributed by atoms with Crippen LogP contribution in [-0.4, -0.2) is 69.3 Å². The highest BCUT2D eigenvalue weighted by atomic mass is 16.5. The summed E-state index contributed by atoms with van der Waals surface area (Å²) >= 11 is 0. The molecule has 0 bridgehead atoms. The number of nitrogens with zero attached hydrogens (tertiary/aromatic N) is 2. The van der Waals surface area contributed by atoms with E-state index in [-0.39, 0.29) is 25.0 Å². The minimum atomic E-state index is -0.193. The Bertz CT molecular complexity index is 629. The summed E-state index contributed by atoms with van der Waals surface area (Å²) in [6.45, 7) is 6.96. The number of carbonyl (C=O) groups excluding carboxylic acids is 2. The Labute approximate surface area is 147 Å². The smallest absolute Gasteiger partial charge is 0.265 e. The van der Waals surface area contributed by atoms with Gasteiger partial charge in [-0.05, 0) is 37.6 Å². The minimum Gasteiger partial charge on any atom is -0.482 e. The van der Waals surface area contributed by atoms with Gasteiger partial charge in [-0.2, -0.15) is 0 Å². The van der Waals surface area contributed by atoms with Gasteiger partial charge in [0.2, 0.25) is 5.91 Å². The molecule has 1 aromatic rings. The predicted molar refractivity (Wildman–Crippen MR) is 93.9 cm³/mol. The van der Waals surface area contributed by atoms with Gasteiger partial charge < -0.3 is 14.8 Å². The molecule has 3 rings (SSSR count). The summed E-state index contributed by atoms with van der Waals surface area (Å²) < 4.78 is 10.7. The lowest BCUT2D eigenvalue weighted by Gasteiger charge is -2.29. The highest BCUT2D eigenvalue weighted by Gasteiger charge is 2.27. The largest absolute Gasteiger partial charge is 0.482 e. The second kappa shape index (κ2) is 8.31. The van der Waals surface area contributed by atoms with Crippen molar-refractivity contribution in [2.24, 2.45) is 0 Å². The van der Waals surface area contributed by atoms with Gasteiger partial charge >= 0.3 is 0 Å². The van der Waals surface area contributed by atoms with Crippen LogP contribution in [0.1, 0.15) is 12.0 Å². The summed E-state index contributed by atoms with van der Waals surface area (Å²) in [5, 5.41) is 2.90. The SMILES string of the molecule is Cc1ccc2c(c1)N(CC(=O)NCCCN1CCOCC1)C(=O)CO2. The molecule has 1 N–H and O–H groups in total. The maximum Gasteiger partial charge on any atom is 0.265 e. The predicted octanol–water partition coefficient (Wildman–Crippen LogP) is 0.559. The number of hydrogen-bond donors (Lipinski definition) is 1. The number of morpholine rings is 1. The number of carbonyl (C=O) groups is 2. The molecule has 2 aliphatic heterocycles. The number of fused-ring (bicyclic) bond motifs is 1. The first-order valence-electron chi connectivity index (χ1n) is 8.74. The highest BCUT2D eigenvalue weighted by Crippen LogP contribution is 2.32. The van der Waals surface area contributed by atoms with E-state index in [2.05, 4.69) is 10.2 Å². The lowest BCUT2D eigenvalue weighted by Crippen LogP contribution is -2.45. The van der Waals surface area contributed by atoms with Gasteiger partial charge in [0.05, 0.1) is 18.9 Å². The van der Waals surface area contributed by atoms with Crippen LogP contribution in [0.4, 0.5) is 5.69 Å². The molecule has 2 amide bonds. The Hall–Kier alpha value is -2.12. The van der Waals surface area contributed by atoms with E-state index < -0.39 is 0 Å². The van der Waals surface area contributed by atoms with Gasteiger partial charge in [-0.25, -0.2) is 0 Å². The Balaban J connectivity index is 1.47. The van der Waals surface area contributed by atoms with Gasteiger partial charge in [0.1, 0.15) is 12.3 Å². The maximum absolute atomic E-state index is 12.2. The van der Waals surface area contributed by atoms with Crippen molar-refractivity contribution in [3.63, 3.8) is 0 Å². The third kappa shape index (κ3) is 4.70. The summed E-state index contributed by atoms with van der Waals surface area (Å²) in [5.74, 6) is 0.302. The zero-order valence-electron chi connectivity index (χ0n) is 14.6. The average molecular weight is 347 g/mol. The molecule has 1 aromatic carbocycles. The molecule has 0 spiro atoms. The first-order valence-corrected chi connectivity index (χ1v) is 8.74. The first kappa shape index (κ1) is 17.7. The van der Waals surface area contributed by atoms with E-state index in [1.165, 1.54) is 4.90 Å². The van der Waals surface area contributed by atoms with Crippen molar-refractivity contribution in [2.45, 2.75) is 13.3 Å². The van der Waals surface area contributed by atoms with Crippen molar-refractivity contribution >= 4 is 17.5 Å². The van der Waals surface area contributed by atoms with Crippen LogP contribution in [0.5, 0.6) is 5.75 Å². The number of benzene rings is 1. The molecule has 0 aromatic heterocycles. The molecule has 0 atom stereocenters. The first-order chi connectivity index (χ1) is 12.1. The van der Waals surface area contributed by atoms with Crippen molar-refractivity contribution in [1.29, 1.82) is 0 Å². The van der Waals surface area contributed by atoms with Crippen LogP contribution in [0.3, 0.4) is 0 Å². The van der Waals surface area contributed by atoms with Crippen LogP contribution in [0.25, 0.3) is 0 Å². The molecular weight excluding hydrogens is 322 g/mol. The lowest BCUT2D eigenvalue weighted by molar-refractivity contribution is -0.125. The fraction of sp³-hybridized carbons (Fsp3) is 0.556. The molecule has 0 aliphatic carbocycles. The normalized spacial score (nSPS) is 17.8. The van der Waals surface area contributed by atoms with Crippen molar-refractivity contribution < 1.29 is 19.1 Å². The number of rotatable bonds is 6. The summed E-state index contributed by atoms with van der Waals surface area (Å²) in [7, 11) is 0. The molecule has 7 heteroatoms. The summed E-state index contributed by atoms with van der Waals surface area (Å²) in [5.41, 5.74) is 1.69. The summed E-state index contributed by atoms with van der Waals surface area (Å²) in [6, 6.07) is 5.64. The molecule has 2 aliphatic rings. The third-order valence-corrected chi connectivity index (χ3v) is 4.44. The Morgan fingerprint density at radius 3 is 2.88 bits per heavy atom. The second-order valence-electron chi connectivity index (χ2n) is 6.40. The van der Waals surface area contributed by atoms with Crippen molar-refractivity contribution in [3.05, 3.63) is 23.8 Å². The van der Waals surface area contributed by atoms with E-state index in [0.717, 1.165) is 44.8 Å². The molecule has 0 saturated carbocycles. The highest BCUT2D eigenvalue weighted by molar-refractivity contribution is 6.02. The second-order valence-corrected chi connectivity index (χ2v) is 6.40. The van der Waals surface area contributed by atoms with Gasteiger partial charge in [-0.15, -0.1) is 0 Å². The van der Waals surface area contributed by atoms with E-state index in [0.29, 0.717) is 18.0 Å². The number of ether oxygens (including phenoxy) is 2. The fourth-order valence-corrected chi connectivity index (χ4v) is 3.04. The van der Waals surface area contributed by atoms with Crippen LogP contribution >= 0.6 is 0 Å². The quantitative estimate of drug-likeness (QED) is 0.762. The monoisotopic (exact) mass is 347 g/mol. The molecular formula is C18H25N3O4. The van der Waals surface area contributed by atoms with Crippen molar-refractivity contribution in [2.75, 3.05) is 57.4 Å². The van der Waals surface area contributed by atoms with Crippen molar-refractivity contribution in [3.8, 4) is 5.75 Å². The Morgan fingerprint density at radius 2 is 2.08 bits per heavy atom.